The number of nitriles is 1. The molecule has 1 amide bonds. The van der Waals surface area contributed by atoms with Gasteiger partial charge in [-0.3, -0.25) is 4.79 Å². The van der Waals surface area contributed by atoms with Crippen molar-refractivity contribution in [2.45, 2.75) is 30.0 Å². The van der Waals surface area contributed by atoms with Crippen molar-refractivity contribution in [2.75, 3.05) is 12.4 Å². The van der Waals surface area contributed by atoms with E-state index >= 15 is 0 Å². The van der Waals surface area contributed by atoms with Crippen molar-refractivity contribution >= 4 is 32.7 Å². The van der Waals surface area contributed by atoms with E-state index in [2.05, 4.69) is 35.3 Å². The first-order valence-corrected chi connectivity index (χ1v) is 12.2. The number of oxazole rings is 1. The van der Waals surface area contributed by atoms with Gasteiger partial charge in [-0.05, 0) is 31.0 Å². The zero-order valence-electron chi connectivity index (χ0n) is 18.4. The number of H-pyrrole nitrogens is 1. The molecule has 5 rings (SSSR count). The summed E-state index contributed by atoms with van der Waals surface area (Å²) < 4.78 is 33.6. The van der Waals surface area contributed by atoms with Crippen LogP contribution in [0.25, 0.3) is 22.5 Å². The van der Waals surface area contributed by atoms with Gasteiger partial charge in [0.1, 0.15) is 5.65 Å². The molecule has 178 valence electrons. The number of anilines is 1. The molecule has 1 saturated carbocycles. The predicted molar refractivity (Wildman–Crippen MR) is 125 cm³/mol. The number of hydrogen-bond acceptors (Lipinski definition) is 9. The second-order valence-electron chi connectivity index (χ2n) is 8.02. The van der Waals surface area contributed by atoms with Crippen LogP contribution in [0.2, 0.25) is 0 Å². The Bertz CT molecular complexity index is 1560. The molecule has 12 nitrogen and oxygen atoms in total. The summed E-state index contributed by atoms with van der Waals surface area (Å²) in [5.74, 6) is -0.0746. The molecule has 1 fully saturated rings. The fourth-order valence-electron chi connectivity index (χ4n) is 3.89. The molecule has 0 aliphatic heterocycles. The van der Waals surface area contributed by atoms with Crippen LogP contribution in [0.1, 0.15) is 29.0 Å². The Balaban J connectivity index is 1.33. The summed E-state index contributed by atoms with van der Waals surface area (Å²) in [5.41, 5.74) is 2.18. The number of carbonyl (C=O) groups is 1. The SMILES string of the molecule is CNC(=O)c1cnc(-c2cnc3[nH]ccc3c2N[C@H]2C[C@H](NS(=O)(=O)c3cc(C#N)ccn3)C2)o1. The minimum absolute atomic E-state index is 0.0336. The smallest absolute Gasteiger partial charge is 0.288 e. The quantitative estimate of drug-likeness (QED) is 0.299. The Morgan fingerprint density at radius 1 is 1.20 bits per heavy atom. The minimum Gasteiger partial charge on any atom is -0.431 e. The molecule has 0 unspecified atom stereocenters. The summed E-state index contributed by atoms with van der Waals surface area (Å²) in [4.78, 5) is 27.4. The first-order chi connectivity index (χ1) is 16.9. The van der Waals surface area contributed by atoms with Gasteiger partial charge >= 0.3 is 0 Å². The summed E-state index contributed by atoms with van der Waals surface area (Å²) in [7, 11) is -2.35. The van der Waals surface area contributed by atoms with Gasteiger partial charge in [-0.25, -0.2) is 28.1 Å². The summed E-state index contributed by atoms with van der Waals surface area (Å²) in [6, 6.07) is 6.14. The highest BCUT2D eigenvalue weighted by atomic mass is 32.2. The van der Waals surface area contributed by atoms with Crippen LogP contribution in [0.3, 0.4) is 0 Å². The maximum Gasteiger partial charge on any atom is 0.288 e. The van der Waals surface area contributed by atoms with Crippen LogP contribution in [0, 0.1) is 11.3 Å². The second-order valence-corrected chi connectivity index (χ2v) is 9.68. The highest BCUT2D eigenvalue weighted by molar-refractivity contribution is 7.89. The van der Waals surface area contributed by atoms with E-state index in [1.807, 2.05) is 12.1 Å². The van der Waals surface area contributed by atoms with E-state index in [-0.39, 0.29) is 34.3 Å². The number of nitrogens with zero attached hydrogens (tertiary/aromatic N) is 4. The van der Waals surface area contributed by atoms with Crippen molar-refractivity contribution in [1.82, 2.24) is 30.0 Å². The van der Waals surface area contributed by atoms with E-state index in [0.29, 0.717) is 24.1 Å². The van der Waals surface area contributed by atoms with Crippen LogP contribution in [0.4, 0.5) is 5.69 Å². The number of rotatable bonds is 7. The summed E-state index contributed by atoms with van der Waals surface area (Å²) in [5, 5.41) is 15.6. The van der Waals surface area contributed by atoms with Crippen LogP contribution in [0.5, 0.6) is 0 Å². The van der Waals surface area contributed by atoms with Crippen molar-refractivity contribution < 1.29 is 17.6 Å². The predicted octanol–water partition coefficient (Wildman–Crippen LogP) is 1.77. The summed E-state index contributed by atoms with van der Waals surface area (Å²) in [6.45, 7) is 0. The van der Waals surface area contributed by atoms with Crippen molar-refractivity contribution in [1.29, 1.82) is 5.26 Å². The number of aromatic amines is 1. The third-order valence-electron chi connectivity index (χ3n) is 5.72. The highest BCUT2D eigenvalue weighted by Crippen LogP contribution is 2.36. The molecule has 0 atom stereocenters. The number of sulfonamides is 1. The molecule has 1 aliphatic carbocycles. The Kier molecular flexibility index (Phi) is 5.67. The number of fused-ring (bicyclic) bond motifs is 1. The molecule has 4 aromatic heterocycles. The van der Waals surface area contributed by atoms with Crippen LogP contribution in [-0.2, 0) is 10.0 Å². The third kappa shape index (κ3) is 4.32. The van der Waals surface area contributed by atoms with E-state index in [1.165, 1.54) is 31.6 Å². The van der Waals surface area contributed by atoms with E-state index in [0.717, 1.165) is 11.1 Å². The van der Waals surface area contributed by atoms with E-state index in [9.17, 15) is 13.2 Å². The molecule has 0 aromatic carbocycles. The first-order valence-electron chi connectivity index (χ1n) is 10.7. The molecule has 0 spiro atoms. The molecule has 0 saturated heterocycles. The van der Waals surface area contributed by atoms with E-state index < -0.39 is 15.9 Å². The molecule has 4 N–H and O–H groups in total. The second kappa shape index (κ2) is 8.82. The number of aromatic nitrogens is 4. The monoisotopic (exact) mass is 492 g/mol. The van der Waals surface area contributed by atoms with Crippen molar-refractivity contribution in [3.05, 3.63) is 54.3 Å². The van der Waals surface area contributed by atoms with Crippen LogP contribution in [-0.4, -0.2) is 53.4 Å². The number of pyridine rings is 2. The summed E-state index contributed by atoms with van der Waals surface area (Å²) >= 11 is 0. The van der Waals surface area contributed by atoms with Crippen molar-refractivity contribution in [3.63, 3.8) is 0 Å². The van der Waals surface area contributed by atoms with Gasteiger partial charge in [-0.2, -0.15) is 5.26 Å². The largest absolute Gasteiger partial charge is 0.431 e. The fourth-order valence-corrected chi connectivity index (χ4v) is 5.13. The average Bonchev–Trinajstić information content (AvgIpc) is 3.52. The van der Waals surface area contributed by atoms with E-state index in [4.69, 9.17) is 9.68 Å². The van der Waals surface area contributed by atoms with Gasteiger partial charge in [-0.1, -0.05) is 0 Å². The van der Waals surface area contributed by atoms with Gasteiger partial charge < -0.3 is 20.0 Å². The maximum absolute atomic E-state index is 12.7. The van der Waals surface area contributed by atoms with Gasteiger partial charge in [0.05, 0.1) is 29.1 Å². The zero-order valence-corrected chi connectivity index (χ0v) is 19.3. The van der Waals surface area contributed by atoms with Crippen LogP contribution in [0.15, 0.2) is 52.4 Å². The molecule has 1 aliphatic rings. The molecular formula is C22H20N8O4S. The fraction of sp³-hybridized carbons (Fsp3) is 0.227. The lowest BCUT2D eigenvalue weighted by molar-refractivity contribution is 0.0936. The Labute approximate surface area is 199 Å². The third-order valence-corrected chi connectivity index (χ3v) is 7.14. The number of hydrogen-bond donors (Lipinski definition) is 4. The lowest BCUT2D eigenvalue weighted by Gasteiger charge is -2.37. The van der Waals surface area contributed by atoms with Crippen molar-refractivity contribution in [3.8, 4) is 17.5 Å². The minimum atomic E-state index is -3.85. The number of carbonyl (C=O) groups excluding carboxylic acids is 1. The normalized spacial score (nSPS) is 17.5. The number of nitrogens with one attached hydrogen (secondary N) is 4. The van der Waals surface area contributed by atoms with E-state index in [1.54, 1.807) is 12.4 Å². The van der Waals surface area contributed by atoms with Gasteiger partial charge in [0, 0.05) is 43.1 Å². The van der Waals surface area contributed by atoms with Gasteiger partial charge in [-0.15, -0.1) is 0 Å². The molecule has 4 aromatic rings. The maximum atomic E-state index is 12.7. The molecular weight excluding hydrogens is 472 g/mol. The van der Waals surface area contributed by atoms with Crippen LogP contribution < -0.4 is 15.4 Å². The Morgan fingerprint density at radius 2 is 2.03 bits per heavy atom. The lowest BCUT2D eigenvalue weighted by atomic mass is 9.87. The van der Waals surface area contributed by atoms with Gasteiger partial charge in [0.2, 0.25) is 11.7 Å². The lowest BCUT2D eigenvalue weighted by Crippen LogP contribution is -2.49. The number of amides is 1. The summed E-state index contributed by atoms with van der Waals surface area (Å²) in [6.07, 6.45) is 7.07. The average molecular weight is 493 g/mol. The zero-order chi connectivity index (χ0) is 24.6. The Hall–Kier alpha value is -4.28. The highest BCUT2D eigenvalue weighted by Gasteiger charge is 2.34. The topological polar surface area (TPSA) is 179 Å². The molecule has 13 heteroatoms. The molecule has 0 radical (unpaired) electrons. The molecule has 4 heterocycles. The van der Waals surface area contributed by atoms with Gasteiger partial charge in [0.15, 0.2) is 5.03 Å². The molecule has 0 bridgehead atoms. The molecule has 35 heavy (non-hydrogen) atoms. The van der Waals surface area contributed by atoms with Gasteiger partial charge in [0.25, 0.3) is 15.9 Å². The Morgan fingerprint density at radius 3 is 2.80 bits per heavy atom. The standard InChI is InChI=1S/C22H20N8O4S/c1-24-21(31)17-11-28-22(34-17)16-10-27-20-15(3-5-26-20)19(16)29-13-7-14(8-13)30-35(32,33)18-6-12(9-23)2-4-25-18/h2-6,10-11,13-14,30H,7-8H2,1H3,(H,24,31)(H2,26,27,29)/t13-,14-. The van der Waals surface area contributed by atoms with Crippen LogP contribution >= 0.6 is 0 Å². The first kappa shape index (κ1) is 22.5. The van der Waals surface area contributed by atoms with Crippen molar-refractivity contribution in [2.24, 2.45) is 0 Å².